The molecule has 2 heteroatoms. The summed E-state index contributed by atoms with van der Waals surface area (Å²) >= 11 is 2.11. The quantitative estimate of drug-likeness (QED) is 0.642. The second kappa shape index (κ2) is 4.22. The molecular weight excluding hydrogens is 178 g/mol. The lowest BCUT2D eigenvalue weighted by Gasteiger charge is -2.45. The van der Waals surface area contributed by atoms with E-state index in [0.29, 0.717) is 11.5 Å². The van der Waals surface area contributed by atoms with Crippen LogP contribution in [0.1, 0.15) is 34.6 Å². The highest BCUT2D eigenvalue weighted by Crippen LogP contribution is 2.31. The smallest absolute Gasteiger partial charge is 0.0237 e. The molecule has 0 aromatic carbocycles. The Balaban J connectivity index is 2.67. The van der Waals surface area contributed by atoms with E-state index in [2.05, 4.69) is 51.3 Å². The van der Waals surface area contributed by atoms with Gasteiger partial charge in [-0.05, 0) is 19.3 Å². The van der Waals surface area contributed by atoms with E-state index in [1.807, 2.05) is 0 Å². The number of rotatable bonds is 1. The van der Waals surface area contributed by atoms with E-state index in [4.69, 9.17) is 0 Å². The van der Waals surface area contributed by atoms with Gasteiger partial charge in [-0.15, -0.1) is 0 Å². The average molecular weight is 201 g/mol. The molecule has 0 aromatic rings. The van der Waals surface area contributed by atoms with E-state index in [1.54, 1.807) is 0 Å². The van der Waals surface area contributed by atoms with E-state index >= 15 is 0 Å². The molecule has 0 bridgehead atoms. The van der Waals surface area contributed by atoms with Crippen molar-refractivity contribution < 1.29 is 0 Å². The molecule has 0 spiro atoms. The molecule has 78 valence electrons. The highest BCUT2D eigenvalue weighted by atomic mass is 32.2. The van der Waals surface area contributed by atoms with Crippen molar-refractivity contribution >= 4 is 11.8 Å². The minimum Gasteiger partial charge on any atom is -0.296 e. The van der Waals surface area contributed by atoms with Gasteiger partial charge in [0.25, 0.3) is 0 Å². The molecule has 1 rings (SSSR count). The van der Waals surface area contributed by atoms with Gasteiger partial charge in [-0.3, -0.25) is 4.90 Å². The van der Waals surface area contributed by atoms with Gasteiger partial charge in [0.05, 0.1) is 0 Å². The van der Waals surface area contributed by atoms with Crippen LogP contribution in [0.3, 0.4) is 0 Å². The molecule has 1 heterocycles. The maximum atomic E-state index is 2.66. The van der Waals surface area contributed by atoms with Gasteiger partial charge in [0.1, 0.15) is 0 Å². The second-order valence-corrected chi connectivity index (χ2v) is 6.44. The molecule has 13 heavy (non-hydrogen) atoms. The molecule has 1 nitrogen and oxygen atoms in total. The van der Waals surface area contributed by atoms with Crippen LogP contribution in [0.5, 0.6) is 0 Å². The third-order valence-electron chi connectivity index (χ3n) is 2.83. The van der Waals surface area contributed by atoms with Crippen LogP contribution in [0.2, 0.25) is 0 Å². The molecule has 1 fully saturated rings. The van der Waals surface area contributed by atoms with Crippen molar-refractivity contribution in [2.45, 2.75) is 46.7 Å². The van der Waals surface area contributed by atoms with Gasteiger partial charge in [-0.25, -0.2) is 0 Å². The van der Waals surface area contributed by atoms with E-state index in [-0.39, 0.29) is 0 Å². The Morgan fingerprint density at radius 1 is 1.31 bits per heavy atom. The fourth-order valence-electron chi connectivity index (χ4n) is 1.98. The predicted molar refractivity (Wildman–Crippen MR) is 62.4 cm³/mol. The zero-order valence-corrected chi connectivity index (χ0v) is 10.4. The Morgan fingerprint density at radius 3 is 2.31 bits per heavy atom. The fraction of sp³-hybridized carbons (Fsp3) is 1.00. The van der Waals surface area contributed by atoms with Crippen LogP contribution in [-0.2, 0) is 0 Å². The molecule has 0 aromatic heterocycles. The zero-order valence-electron chi connectivity index (χ0n) is 9.63. The molecule has 0 unspecified atom stereocenters. The maximum absolute atomic E-state index is 2.66. The Bertz CT molecular complexity index is 160. The van der Waals surface area contributed by atoms with Gasteiger partial charge in [-0.1, -0.05) is 20.8 Å². The SMILES string of the molecule is CC(C)N1CCSC[C@H]1C(C)(C)C. The van der Waals surface area contributed by atoms with Crippen molar-refractivity contribution in [1.82, 2.24) is 4.90 Å². The van der Waals surface area contributed by atoms with Gasteiger partial charge in [-0.2, -0.15) is 11.8 Å². The van der Waals surface area contributed by atoms with E-state index in [9.17, 15) is 0 Å². The molecule has 1 aliphatic heterocycles. The lowest BCUT2D eigenvalue weighted by molar-refractivity contribution is 0.0890. The molecule has 1 aliphatic rings. The molecule has 0 amide bonds. The predicted octanol–water partition coefficient (Wildman–Crippen LogP) is 2.86. The number of hydrogen-bond donors (Lipinski definition) is 0. The van der Waals surface area contributed by atoms with E-state index in [1.165, 1.54) is 18.1 Å². The molecular formula is C11H23NS. The van der Waals surface area contributed by atoms with E-state index in [0.717, 1.165) is 6.04 Å². The Morgan fingerprint density at radius 2 is 1.92 bits per heavy atom. The van der Waals surface area contributed by atoms with Crippen molar-refractivity contribution in [3.63, 3.8) is 0 Å². The summed E-state index contributed by atoms with van der Waals surface area (Å²) in [6.07, 6.45) is 0. The Kier molecular flexibility index (Phi) is 3.70. The first-order valence-corrected chi connectivity index (χ1v) is 6.42. The largest absolute Gasteiger partial charge is 0.296 e. The van der Waals surface area contributed by atoms with Crippen LogP contribution in [0.4, 0.5) is 0 Å². The van der Waals surface area contributed by atoms with Crippen molar-refractivity contribution in [3.05, 3.63) is 0 Å². The third-order valence-corrected chi connectivity index (χ3v) is 3.86. The zero-order chi connectivity index (χ0) is 10.1. The van der Waals surface area contributed by atoms with Gasteiger partial charge >= 0.3 is 0 Å². The Hall–Kier alpha value is 0.310. The fourth-order valence-corrected chi connectivity index (χ4v) is 3.40. The van der Waals surface area contributed by atoms with Gasteiger partial charge in [0.2, 0.25) is 0 Å². The molecule has 0 N–H and O–H groups in total. The molecule has 0 aliphatic carbocycles. The first-order valence-electron chi connectivity index (χ1n) is 5.26. The minimum atomic E-state index is 0.428. The number of thioether (sulfide) groups is 1. The molecule has 1 atom stereocenters. The summed E-state index contributed by atoms with van der Waals surface area (Å²) in [6.45, 7) is 13.0. The number of nitrogens with zero attached hydrogens (tertiary/aromatic N) is 1. The first kappa shape index (κ1) is 11.4. The van der Waals surface area contributed by atoms with Crippen molar-refractivity contribution in [3.8, 4) is 0 Å². The highest BCUT2D eigenvalue weighted by Gasteiger charge is 2.33. The second-order valence-electron chi connectivity index (χ2n) is 5.29. The van der Waals surface area contributed by atoms with Crippen LogP contribution in [-0.4, -0.2) is 35.0 Å². The van der Waals surface area contributed by atoms with Crippen LogP contribution >= 0.6 is 11.8 Å². The summed E-state index contributed by atoms with van der Waals surface area (Å²) in [5.74, 6) is 2.62. The molecule has 0 radical (unpaired) electrons. The van der Waals surface area contributed by atoms with Crippen LogP contribution in [0.25, 0.3) is 0 Å². The third kappa shape index (κ3) is 2.88. The van der Waals surface area contributed by atoms with Gasteiger partial charge in [0.15, 0.2) is 0 Å². The monoisotopic (exact) mass is 201 g/mol. The standard InChI is InChI=1S/C11H23NS/c1-9(2)12-6-7-13-8-10(12)11(3,4)5/h9-10H,6-8H2,1-5H3/t10-/m0/s1. The average Bonchev–Trinajstić information content (AvgIpc) is 2.03. The van der Waals surface area contributed by atoms with Gasteiger partial charge < -0.3 is 0 Å². The highest BCUT2D eigenvalue weighted by molar-refractivity contribution is 7.99. The summed E-state index contributed by atoms with van der Waals surface area (Å²) in [5, 5.41) is 0. The number of hydrogen-bond acceptors (Lipinski definition) is 2. The van der Waals surface area contributed by atoms with Gasteiger partial charge in [0, 0.05) is 30.1 Å². The Labute approximate surface area is 87.3 Å². The van der Waals surface area contributed by atoms with Crippen molar-refractivity contribution in [1.29, 1.82) is 0 Å². The van der Waals surface area contributed by atoms with Crippen molar-refractivity contribution in [2.75, 3.05) is 18.1 Å². The minimum absolute atomic E-state index is 0.428. The lowest BCUT2D eigenvalue weighted by atomic mass is 9.86. The topological polar surface area (TPSA) is 3.24 Å². The van der Waals surface area contributed by atoms with Crippen LogP contribution in [0, 0.1) is 5.41 Å². The molecule has 1 saturated heterocycles. The summed E-state index contributed by atoms with van der Waals surface area (Å²) in [6, 6.07) is 1.45. The normalized spacial score (nSPS) is 26.8. The lowest BCUT2D eigenvalue weighted by Crippen LogP contribution is -2.52. The maximum Gasteiger partial charge on any atom is 0.0237 e. The first-order chi connectivity index (χ1) is 5.93. The molecule has 0 saturated carbocycles. The summed E-state index contributed by atoms with van der Waals surface area (Å²) < 4.78 is 0. The summed E-state index contributed by atoms with van der Waals surface area (Å²) in [5.41, 5.74) is 0.428. The van der Waals surface area contributed by atoms with Crippen LogP contribution in [0.15, 0.2) is 0 Å². The summed E-state index contributed by atoms with van der Waals surface area (Å²) in [7, 11) is 0. The van der Waals surface area contributed by atoms with E-state index < -0.39 is 0 Å². The van der Waals surface area contributed by atoms with Crippen molar-refractivity contribution in [2.24, 2.45) is 5.41 Å². The summed E-state index contributed by atoms with van der Waals surface area (Å²) in [4.78, 5) is 2.66. The van der Waals surface area contributed by atoms with Crippen LogP contribution < -0.4 is 0 Å².